The molecular weight excluding hydrogens is 751 g/mol. The largest absolute Gasteiger partial charge is 0.497 e. The molecule has 0 radical (unpaired) electrons. The van der Waals surface area contributed by atoms with Gasteiger partial charge in [0, 0.05) is 65.8 Å². The third-order valence-corrected chi connectivity index (χ3v) is 14.4. The summed E-state index contributed by atoms with van der Waals surface area (Å²) in [6, 6.07) is 14.0. The second kappa shape index (κ2) is 15.8. The van der Waals surface area contributed by atoms with Crippen LogP contribution >= 0.6 is 0 Å². The van der Waals surface area contributed by atoms with Crippen LogP contribution < -0.4 is 15.2 Å². The van der Waals surface area contributed by atoms with Gasteiger partial charge in [-0.2, -0.15) is 0 Å². The van der Waals surface area contributed by atoms with E-state index in [1.54, 1.807) is 31.6 Å². The maximum absolute atomic E-state index is 14.8. The normalized spacial score (nSPS) is 20.4. The van der Waals surface area contributed by atoms with E-state index in [2.05, 4.69) is 38.4 Å². The van der Waals surface area contributed by atoms with Gasteiger partial charge in [0.15, 0.2) is 0 Å². The summed E-state index contributed by atoms with van der Waals surface area (Å²) in [5.41, 5.74) is 14.7. The number of piperazine rings is 1. The third-order valence-electron chi connectivity index (χ3n) is 12.7. The summed E-state index contributed by atoms with van der Waals surface area (Å²) in [4.78, 5) is 42.3. The number of carbonyl (C=O) groups is 2. The molecule has 4 aromatic rings. The molecule has 0 spiro atoms. The highest BCUT2D eigenvalue weighted by Crippen LogP contribution is 2.47. The van der Waals surface area contributed by atoms with Crippen molar-refractivity contribution in [1.29, 1.82) is 0 Å². The number of aryl methyl sites for hydroxylation is 1. The van der Waals surface area contributed by atoms with E-state index in [-0.39, 0.29) is 36.0 Å². The van der Waals surface area contributed by atoms with Gasteiger partial charge in [-0.15, -0.1) is 0 Å². The molecule has 2 aromatic heterocycles. The number of amides is 2. The molecule has 2 atom stereocenters. The Labute approximate surface area is 340 Å². The molecule has 13 heteroatoms. The maximum Gasteiger partial charge on any atom is 0.264 e. The molecule has 3 fully saturated rings. The van der Waals surface area contributed by atoms with Crippen LogP contribution in [0.25, 0.3) is 28.2 Å². The number of fused-ring (bicyclic) bond motifs is 7. The number of sulfonamides is 1. The van der Waals surface area contributed by atoms with Crippen molar-refractivity contribution in [3.8, 4) is 17.0 Å². The number of nitrogens with zero attached hydrogens (tertiary/aromatic N) is 5. The van der Waals surface area contributed by atoms with Gasteiger partial charge in [-0.3, -0.25) is 19.5 Å². The number of rotatable bonds is 9. The minimum Gasteiger partial charge on any atom is -0.497 e. The van der Waals surface area contributed by atoms with Crippen molar-refractivity contribution in [3.63, 3.8) is 0 Å². The number of nitrogens with two attached hydrogens (primary N) is 1. The molecule has 3 aliphatic heterocycles. The van der Waals surface area contributed by atoms with E-state index in [4.69, 9.17) is 15.5 Å². The number of carbonyl (C=O) groups excluding carboxylic acids is 2. The second-order valence-electron chi connectivity index (χ2n) is 16.5. The van der Waals surface area contributed by atoms with E-state index in [0.29, 0.717) is 35.8 Å². The third kappa shape index (κ3) is 7.23. The average molecular weight is 804 g/mol. The fourth-order valence-corrected chi connectivity index (χ4v) is 9.96. The number of likely N-dealkylation sites (tertiary alicyclic amines) is 1. The maximum atomic E-state index is 14.8. The van der Waals surface area contributed by atoms with Gasteiger partial charge < -0.3 is 19.9 Å². The molecule has 58 heavy (non-hydrogen) atoms. The topological polar surface area (TPSA) is 152 Å². The van der Waals surface area contributed by atoms with E-state index in [1.807, 2.05) is 36.1 Å². The monoisotopic (exact) mass is 803 g/mol. The standard InChI is InChI=1S/C45H53N7O5S/c1-27(2)58(55,56)49-44(53)30-11-15-37-40(21-30)52-24-32(19-31-20-35(57-5)14-16-36(31)43(52)41(37)29-9-7-6-8-10-29)42(48-39-17-18-47-23-28(39)3)38(22-46)45(54)51-25-33-12-13-34(26-51)50(33)4/h11,14-23,27,29,33-34H,6-10,12-13,24-26,46H2,1-5H3,(H,49,53). The lowest BCUT2D eigenvalue weighted by Crippen LogP contribution is -2.54. The van der Waals surface area contributed by atoms with Crippen LogP contribution in [0.1, 0.15) is 91.8 Å². The molecule has 5 heterocycles. The van der Waals surface area contributed by atoms with E-state index in [1.165, 1.54) is 32.0 Å². The van der Waals surface area contributed by atoms with Crippen LogP contribution in [0.5, 0.6) is 5.75 Å². The minimum absolute atomic E-state index is 0.167. The van der Waals surface area contributed by atoms with Crippen LogP contribution in [0.3, 0.4) is 0 Å². The molecule has 2 amide bonds. The van der Waals surface area contributed by atoms with Crippen molar-refractivity contribution in [3.05, 3.63) is 94.5 Å². The molecule has 4 aliphatic rings. The summed E-state index contributed by atoms with van der Waals surface area (Å²) < 4.78 is 36.0. The number of ether oxygens (including phenoxy) is 1. The minimum atomic E-state index is -3.87. The summed E-state index contributed by atoms with van der Waals surface area (Å²) in [6.07, 6.45) is 14.5. The van der Waals surface area contributed by atoms with Crippen molar-refractivity contribution in [2.45, 2.75) is 95.5 Å². The predicted molar refractivity (Wildman–Crippen MR) is 229 cm³/mol. The SMILES string of the molecule is COc1ccc2c(c1)C=C(C(=Nc1ccncc1C)C(=CN)C(=O)N1CC3CCC(C1)N3C)Cn1c-2c(C2CCCCC2)c2ccc(C(=O)NS(=O)(=O)C(C)C)cc21. The molecule has 8 rings (SSSR count). The molecule has 2 unspecified atom stereocenters. The summed E-state index contributed by atoms with van der Waals surface area (Å²) in [6.45, 7) is 6.52. The summed E-state index contributed by atoms with van der Waals surface area (Å²) in [5.74, 6) is 0.104. The van der Waals surface area contributed by atoms with Crippen molar-refractivity contribution < 1.29 is 22.7 Å². The van der Waals surface area contributed by atoms with Crippen molar-refractivity contribution >= 4 is 50.2 Å². The highest BCUT2D eigenvalue weighted by Gasteiger charge is 2.41. The first-order chi connectivity index (χ1) is 27.9. The van der Waals surface area contributed by atoms with Crippen LogP contribution in [-0.4, -0.2) is 89.9 Å². The average Bonchev–Trinajstić information content (AvgIpc) is 3.53. The fraction of sp³-hybridized carbons (Fsp3) is 0.422. The van der Waals surface area contributed by atoms with Crippen LogP contribution in [0, 0.1) is 6.92 Å². The summed E-state index contributed by atoms with van der Waals surface area (Å²) in [5, 5.41) is 0.231. The second-order valence-corrected chi connectivity index (χ2v) is 18.8. The number of benzene rings is 2. The molecule has 304 valence electrons. The molecular formula is C45H53N7O5S. The number of methoxy groups -OCH3 is 1. The zero-order valence-electron chi connectivity index (χ0n) is 34.0. The highest BCUT2D eigenvalue weighted by molar-refractivity contribution is 7.90. The molecule has 2 saturated heterocycles. The lowest BCUT2D eigenvalue weighted by atomic mass is 9.81. The number of hydrogen-bond donors (Lipinski definition) is 2. The Morgan fingerprint density at radius 3 is 2.43 bits per heavy atom. The van der Waals surface area contributed by atoms with E-state index in [0.717, 1.165) is 77.4 Å². The number of aromatic nitrogens is 2. The summed E-state index contributed by atoms with van der Waals surface area (Å²) in [7, 11) is -0.0829. The Morgan fingerprint density at radius 1 is 1.02 bits per heavy atom. The Morgan fingerprint density at radius 2 is 1.76 bits per heavy atom. The lowest BCUT2D eigenvalue weighted by molar-refractivity contribution is -0.129. The van der Waals surface area contributed by atoms with E-state index in [9.17, 15) is 18.0 Å². The lowest BCUT2D eigenvalue weighted by Gasteiger charge is -2.39. The Hall–Kier alpha value is -5.27. The van der Waals surface area contributed by atoms with Crippen LogP contribution in [0.2, 0.25) is 0 Å². The number of aliphatic imine (C=N–C) groups is 1. The number of allylic oxidation sites excluding steroid dienone is 1. The smallest absolute Gasteiger partial charge is 0.264 e. The van der Waals surface area contributed by atoms with Gasteiger partial charge in [-0.25, -0.2) is 18.1 Å². The Kier molecular flexibility index (Phi) is 10.8. The first kappa shape index (κ1) is 39.6. The van der Waals surface area contributed by atoms with Gasteiger partial charge in [-0.1, -0.05) is 25.3 Å². The van der Waals surface area contributed by atoms with Crippen LogP contribution in [-0.2, 0) is 21.4 Å². The van der Waals surface area contributed by atoms with Gasteiger partial charge in [0.05, 0.1) is 41.6 Å². The van der Waals surface area contributed by atoms with Gasteiger partial charge in [0.2, 0.25) is 10.0 Å². The Bertz CT molecular complexity index is 2480. The zero-order valence-corrected chi connectivity index (χ0v) is 34.8. The first-order valence-corrected chi connectivity index (χ1v) is 22.0. The molecule has 12 nitrogen and oxygen atoms in total. The van der Waals surface area contributed by atoms with Crippen molar-refractivity contribution in [2.24, 2.45) is 10.7 Å². The van der Waals surface area contributed by atoms with Gasteiger partial charge in [0.25, 0.3) is 11.8 Å². The molecule has 1 aliphatic carbocycles. The molecule has 3 N–H and O–H groups in total. The van der Waals surface area contributed by atoms with Crippen molar-refractivity contribution in [2.75, 3.05) is 27.2 Å². The van der Waals surface area contributed by atoms with Crippen LogP contribution in [0.15, 0.2) is 77.2 Å². The van der Waals surface area contributed by atoms with Gasteiger partial charge in [-0.05, 0) is 124 Å². The van der Waals surface area contributed by atoms with E-state index >= 15 is 0 Å². The number of pyridine rings is 1. The molecule has 2 aromatic carbocycles. The number of nitrogens with one attached hydrogen (secondary N) is 1. The highest BCUT2D eigenvalue weighted by atomic mass is 32.2. The summed E-state index contributed by atoms with van der Waals surface area (Å²) >= 11 is 0. The number of hydrogen-bond acceptors (Lipinski definition) is 9. The molecule has 1 saturated carbocycles. The predicted octanol–water partition coefficient (Wildman–Crippen LogP) is 6.85. The zero-order chi connectivity index (χ0) is 40.9. The quantitative estimate of drug-likeness (QED) is 0.138. The van der Waals surface area contributed by atoms with Crippen LogP contribution in [0.4, 0.5) is 5.69 Å². The van der Waals surface area contributed by atoms with Crippen molar-refractivity contribution in [1.82, 2.24) is 24.1 Å². The van der Waals surface area contributed by atoms with Gasteiger partial charge >= 0.3 is 0 Å². The first-order valence-electron chi connectivity index (χ1n) is 20.4. The fourth-order valence-electron chi connectivity index (χ4n) is 9.35. The molecule has 2 bridgehead atoms. The Balaban J connectivity index is 1.35. The van der Waals surface area contributed by atoms with E-state index < -0.39 is 21.2 Å². The number of likely N-dealkylation sites (N-methyl/N-ethyl adjacent to an activating group) is 1. The van der Waals surface area contributed by atoms with Gasteiger partial charge in [0.1, 0.15) is 5.75 Å².